The molecule has 0 aromatic heterocycles. The number of hydrogen-bond donors (Lipinski definition) is 1. The van der Waals surface area contributed by atoms with Gasteiger partial charge in [0.1, 0.15) is 17.3 Å². The number of carboxylic acids is 1. The zero-order valence-corrected chi connectivity index (χ0v) is 18.9. The molecule has 164 valence electrons. The molecular formula is C24H31FO4S. The Morgan fingerprint density at radius 1 is 1.10 bits per heavy atom. The summed E-state index contributed by atoms with van der Waals surface area (Å²) in [6.07, 6.45) is 3.08. The van der Waals surface area contributed by atoms with E-state index in [0.29, 0.717) is 11.5 Å². The summed E-state index contributed by atoms with van der Waals surface area (Å²) in [4.78, 5) is 21.1. The number of carbonyl (C=O) groups excluding carboxylic acids is 1. The smallest absolute Gasteiger partial charge is 0.341 e. The number of benzene rings is 2. The predicted octanol–water partition coefficient (Wildman–Crippen LogP) is 5.87. The molecule has 0 heterocycles. The van der Waals surface area contributed by atoms with Crippen molar-refractivity contribution in [2.75, 3.05) is 12.4 Å². The predicted molar refractivity (Wildman–Crippen MR) is 121 cm³/mol. The maximum Gasteiger partial charge on any atom is 0.341 e. The van der Waals surface area contributed by atoms with Gasteiger partial charge in [0.05, 0.1) is 5.75 Å². The molecule has 0 radical (unpaired) electrons. The molecule has 2 rings (SSSR count). The van der Waals surface area contributed by atoms with Crippen LogP contribution in [0, 0.1) is 5.82 Å². The molecule has 2 aromatic rings. The van der Waals surface area contributed by atoms with E-state index in [1.807, 2.05) is 25.1 Å². The van der Waals surface area contributed by atoms with Crippen LogP contribution in [-0.2, 0) is 22.4 Å². The summed E-state index contributed by atoms with van der Waals surface area (Å²) in [6, 6.07) is 12.2. The van der Waals surface area contributed by atoms with Crippen LogP contribution in [0.25, 0.3) is 0 Å². The summed E-state index contributed by atoms with van der Waals surface area (Å²) in [7, 11) is 0. The highest BCUT2D eigenvalue weighted by Crippen LogP contribution is 2.27. The number of aryl methyl sites for hydroxylation is 2. The Labute approximate surface area is 182 Å². The van der Waals surface area contributed by atoms with Gasteiger partial charge in [-0.25, -0.2) is 9.18 Å². The third-order valence-corrected chi connectivity index (χ3v) is 5.66. The second-order valence-corrected chi connectivity index (χ2v) is 8.25. The van der Waals surface area contributed by atoms with Gasteiger partial charge in [-0.1, -0.05) is 38.5 Å². The maximum absolute atomic E-state index is 12.6. The fourth-order valence-corrected chi connectivity index (χ4v) is 3.59. The first-order chi connectivity index (χ1) is 14.3. The van der Waals surface area contributed by atoms with Crippen LogP contribution in [0.15, 0.2) is 42.5 Å². The molecule has 0 fully saturated rings. The van der Waals surface area contributed by atoms with Crippen molar-refractivity contribution in [3.63, 3.8) is 0 Å². The Bertz CT molecular complexity index is 805. The van der Waals surface area contributed by atoms with Gasteiger partial charge in [-0.2, -0.15) is 0 Å². The largest absolute Gasteiger partial charge is 0.482 e. The first-order valence-corrected chi connectivity index (χ1v) is 11.1. The molecule has 1 unspecified atom stereocenters. The van der Waals surface area contributed by atoms with Crippen molar-refractivity contribution in [3.05, 3.63) is 65.0 Å². The topological polar surface area (TPSA) is 63.6 Å². The summed E-state index contributed by atoms with van der Waals surface area (Å²) >= 11 is 1.57. The molecule has 0 saturated carbocycles. The Morgan fingerprint density at radius 3 is 2.30 bits per heavy atom. The van der Waals surface area contributed by atoms with Crippen LogP contribution < -0.4 is 4.74 Å². The number of ketones is 1. The fraction of sp³-hybridized carbons (Fsp3) is 0.417. The van der Waals surface area contributed by atoms with E-state index in [-0.39, 0.29) is 23.5 Å². The quantitative estimate of drug-likeness (QED) is 0.506. The normalized spacial score (nSPS) is 11.2. The Hall–Kier alpha value is -2.34. The van der Waals surface area contributed by atoms with E-state index in [9.17, 15) is 14.0 Å². The van der Waals surface area contributed by atoms with Crippen LogP contribution in [0.2, 0.25) is 0 Å². The van der Waals surface area contributed by atoms with Crippen molar-refractivity contribution < 1.29 is 23.8 Å². The third-order valence-electron chi connectivity index (χ3n) is 4.32. The number of ether oxygens (including phenoxy) is 1. The van der Waals surface area contributed by atoms with Crippen LogP contribution in [0.1, 0.15) is 56.1 Å². The lowest BCUT2D eigenvalue weighted by Crippen LogP contribution is -2.09. The summed E-state index contributed by atoms with van der Waals surface area (Å²) in [5.41, 5.74) is 3.62. The van der Waals surface area contributed by atoms with Crippen molar-refractivity contribution in [1.29, 1.82) is 0 Å². The monoisotopic (exact) mass is 434 g/mol. The van der Waals surface area contributed by atoms with Crippen molar-refractivity contribution >= 4 is 23.5 Å². The minimum Gasteiger partial charge on any atom is -0.482 e. The van der Waals surface area contributed by atoms with Crippen LogP contribution in [0.4, 0.5) is 4.39 Å². The molecule has 2 aromatic carbocycles. The standard InChI is InChI=1S/C13H18O3.C11H13FOS/c1-3-5-11-8-12(16-9-13(14)15)7-6-10(11)4-2;1-8(13)7-14-9(2)10-3-5-11(12)6-4-10/h6-8H,3-5,9H2,1-2H3,(H,14,15);3-6,9H,7H2,1-2H3. The van der Waals surface area contributed by atoms with Gasteiger partial charge in [0.15, 0.2) is 6.61 Å². The van der Waals surface area contributed by atoms with E-state index in [0.717, 1.165) is 24.8 Å². The SMILES string of the molecule is CC(=O)CSC(C)c1ccc(F)cc1.CCCc1cc(OCC(=O)O)ccc1CC. The van der Waals surface area contributed by atoms with Gasteiger partial charge in [-0.3, -0.25) is 4.79 Å². The van der Waals surface area contributed by atoms with Crippen molar-refractivity contribution in [3.8, 4) is 5.75 Å². The number of Topliss-reactive ketones (excluding diaryl/α,β-unsaturated/α-hetero) is 1. The number of halogens is 1. The average molecular weight is 435 g/mol. The fourth-order valence-electron chi connectivity index (χ4n) is 2.76. The zero-order valence-electron chi connectivity index (χ0n) is 18.1. The zero-order chi connectivity index (χ0) is 22.5. The number of hydrogen-bond acceptors (Lipinski definition) is 4. The van der Waals surface area contributed by atoms with Crippen molar-refractivity contribution in [1.82, 2.24) is 0 Å². The van der Waals surface area contributed by atoms with E-state index in [1.165, 1.54) is 23.3 Å². The molecule has 0 bridgehead atoms. The first-order valence-electron chi connectivity index (χ1n) is 10.1. The second-order valence-electron chi connectivity index (χ2n) is 6.92. The lowest BCUT2D eigenvalue weighted by molar-refractivity contribution is -0.139. The minimum absolute atomic E-state index is 0.170. The number of aliphatic carboxylic acids is 1. The van der Waals surface area contributed by atoms with Gasteiger partial charge >= 0.3 is 5.97 Å². The van der Waals surface area contributed by atoms with Gasteiger partial charge in [0.25, 0.3) is 0 Å². The molecular weight excluding hydrogens is 403 g/mol. The number of carbonyl (C=O) groups is 2. The molecule has 0 aliphatic carbocycles. The van der Waals surface area contributed by atoms with E-state index in [4.69, 9.17) is 9.84 Å². The maximum atomic E-state index is 12.6. The van der Waals surface area contributed by atoms with E-state index in [2.05, 4.69) is 13.8 Å². The highest BCUT2D eigenvalue weighted by molar-refractivity contribution is 8.00. The molecule has 4 nitrogen and oxygen atoms in total. The van der Waals surface area contributed by atoms with Crippen molar-refractivity contribution in [2.24, 2.45) is 0 Å². The lowest BCUT2D eigenvalue weighted by Gasteiger charge is -2.10. The van der Waals surface area contributed by atoms with E-state index in [1.54, 1.807) is 30.8 Å². The van der Waals surface area contributed by atoms with Gasteiger partial charge in [0, 0.05) is 5.25 Å². The van der Waals surface area contributed by atoms with Crippen LogP contribution in [-0.4, -0.2) is 29.2 Å². The Kier molecular flexibility index (Phi) is 11.8. The molecule has 1 N–H and O–H groups in total. The molecule has 0 saturated heterocycles. The van der Waals surface area contributed by atoms with Crippen LogP contribution in [0.3, 0.4) is 0 Å². The molecule has 0 amide bonds. The molecule has 30 heavy (non-hydrogen) atoms. The van der Waals surface area contributed by atoms with Gasteiger partial charge in [-0.05, 0) is 67.6 Å². The summed E-state index contributed by atoms with van der Waals surface area (Å²) in [6.45, 7) is 7.55. The summed E-state index contributed by atoms with van der Waals surface area (Å²) in [5, 5.41) is 8.76. The average Bonchev–Trinajstić information content (AvgIpc) is 2.72. The Morgan fingerprint density at radius 2 is 1.77 bits per heavy atom. The van der Waals surface area contributed by atoms with E-state index < -0.39 is 5.97 Å². The van der Waals surface area contributed by atoms with E-state index >= 15 is 0 Å². The minimum atomic E-state index is -0.948. The first kappa shape index (κ1) is 25.7. The Balaban J connectivity index is 0.000000303. The third kappa shape index (κ3) is 9.92. The molecule has 1 atom stereocenters. The van der Waals surface area contributed by atoms with Crippen LogP contribution in [0.5, 0.6) is 5.75 Å². The molecule has 0 aliphatic heterocycles. The molecule has 0 spiro atoms. The van der Waals surface area contributed by atoms with Gasteiger partial charge < -0.3 is 9.84 Å². The summed E-state index contributed by atoms with van der Waals surface area (Å²) < 4.78 is 17.8. The van der Waals surface area contributed by atoms with Crippen LogP contribution >= 0.6 is 11.8 Å². The van der Waals surface area contributed by atoms with Gasteiger partial charge in [0.2, 0.25) is 0 Å². The number of rotatable bonds is 10. The second kappa shape index (κ2) is 13.8. The highest BCUT2D eigenvalue weighted by atomic mass is 32.2. The summed E-state index contributed by atoms with van der Waals surface area (Å²) in [5.74, 6) is 0.152. The molecule has 6 heteroatoms. The number of carboxylic acid groups (broad SMARTS) is 1. The van der Waals surface area contributed by atoms with Gasteiger partial charge in [-0.15, -0.1) is 11.8 Å². The number of thioether (sulfide) groups is 1. The lowest BCUT2D eigenvalue weighted by atomic mass is 10.0. The molecule has 0 aliphatic rings. The highest BCUT2D eigenvalue weighted by Gasteiger charge is 2.07. The van der Waals surface area contributed by atoms with Crippen molar-refractivity contribution in [2.45, 2.75) is 52.2 Å².